The number of aliphatic hydroxyl groups is 1. The highest BCUT2D eigenvalue weighted by atomic mass is 35.5. The Hall–Kier alpha value is -0.380. The highest BCUT2D eigenvalue weighted by Gasteiger charge is 2.19. The Morgan fingerprint density at radius 3 is 2.57 bits per heavy atom. The van der Waals surface area contributed by atoms with E-state index in [0.29, 0.717) is 16.7 Å². The van der Waals surface area contributed by atoms with E-state index < -0.39 is 0 Å². The van der Waals surface area contributed by atoms with Gasteiger partial charge in [-0.3, -0.25) is 0 Å². The molecule has 0 spiro atoms. The molecule has 0 aromatic carbocycles. The maximum absolute atomic E-state index is 9.10. The summed E-state index contributed by atoms with van der Waals surface area (Å²) in [6, 6.07) is 1.67. The van der Waals surface area contributed by atoms with Gasteiger partial charge >= 0.3 is 0 Å². The average Bonchev–Trinajstić information content (AvgIpc) is 2.11. The first kappa shape index (κ1) is 11.7. The lowest BCUT2D eigenvalue weighted by atomic mass is 9.87. The Balaban J connectivity index is 2.91. The number of aliphatic hydroxyl groups excluding tert-OH is 1. The molecular formula is C9H12Cl2N2O. The number of nitrogens with zero attached hydrogens (tertiary/aromatic N) is 2. The minimum atomic E-state index is -0.226. The standard InChI is InChI=1S/C9H12Cl2N2O/c1-9(2,5-14)4-6-3-7(10)12-13-8(6)11/h3,14H,4-5H2,1-2H3. The highest BCUT2D eigenvalue weighted by Crippen LogP contribution is 2.25. The molecule has 0 unspecified atom stereocenters. The maximum Gasteiger partial charge on any atom is 0.155 e. The summed E-state index contributed by atoms with van der Waals surface area (Å²) in [5, 5.41) is 17.1. The van der Waals surface area contributed by atoms with Crippen LogP contribution >= 0.6 is 23.2 Å². The quantitative estimate of drug-likeness (QED) is 0.874. The number of aromatic nitrogens is 2. The van der Waals surface area contributed by atoms with Gasteiger partial charge in [-0.1, -0.05) is 37.0 Å². The average molecular weight is 235 g/mol. The van der Waals surface area contributed by atoms with Gasteiger partial charge in [0.2, 0.25) is 0 Å². The van der Waals surface area contributed by atoms with E-state index in [9.17, 15) is 0 Å². The minimum absolute atomic E-state index is 0.0866. The van der Waals surface area contributed by atoms with E-state index in [-0.39, 0.29) is 12.0 Å². The lowest BCUT2D eigenvalue weighted by molar-refractivity contribution is 0.159. The molecule has 0 radical (unpaired) electrons. The molecule has 0 aliphatic heterocycles. The Morgan fingerprint density at radius 1 is 1.36 bits per heavy atom. The zero-order valence-corrected chi connectivity index (χ0v) is 9.60. The van der Waals surface area contributed by atoms with Gasteiger partial charge in [0.05, 0.1) is 0 Å². The van der Waals surface area contributed by atoms with Crippen LogP contribution in [0.3, 0.4) is 0 Å². The van der Waals surface area contributed by atoms with Gasteiger partial charge in [-0.15, -0.1) is 10.2 Å². The van der Waals surface area contributed by atoms with Crippen LogP contribution in [-0.2, 0) is 6.42 Å². The fourth-order valence-corrected chi connectivity index (χ4v) is 1.41. The molecule has 0 aliphatic carbocycles. The largest absolute Gasteiger partial charge is 0.396 e. The van der Waals surface area contributed by atoms with E-state index in [1.807, 2.05) is 13.8 Å². The second kappa shape index (κ2) is 4.43. The summed E-state index contributed by atoms with van der Waals surface area (Å²) in [6.45, 7) is 3.97. The number of rotatable bonds is 3. The summed E-state index contributed by atoms with van der Waals surface area (Å²) in [7, 11) is 0. The van der Waals surface area contributed by atoms with Gasteiger partial charge in [0, 0.05) is 6.61 Å². The lowest BCUT2D eigenvalue weighted by Crippen LogP contribution is -2.20. The van der Waals surface area contributed by atoms with Gasteiger partial charge in [-0.25, -0.2) is 0 Å². The van der Waals surface area contributed by atoms with Crippen LogP contribution in [0.5, 0.6) is 0 Å². The topological polar surface area (TPSA) is 46.0 Å². The summed E-state index contributed by atoms with van der Waals surface area (Å²) < 4.78 is 0. The van der Waals surface area contributed by atoms with Gasteiger partial charge in [0.15, 0.2) is 10.3 Å². The Morgan fingerprint density at radius 2 is 2.00 bits per heavy atom. The maximum atomic E-state index is 9.10. The monoisotopic (exact) mass is 234 g/mol. The second-order valence-corrected chi connectivity index (χ2v) is 4.73. The van der Waals surface area contributed by atoms with E-state index in [4.69, 9.17) is 28.3 Å². The Kier molecular flexibility index (Phi) is 3.70. The molecule has 14 heavy (non-hydrogen) atoms. The van der Waals surface area contributed by atoms with Crippen LogP contribution < -0.4 is 0 Å². The molecule has 1 aromatic rings. The van der Waals surface area contributed by atoms with Gasteiger partial charge in [-0.2, -0.15) is 0 Å². The smallest absolute Gasteiger partial charge is 0.155 e. The van der Waals surface area contributed by atoms with Crippen LogP contribution in [0.2, 0.25) is 10.3 Å². The lowest BCUT2D eigenvalue weighted by Gasteiger charge is -2.21. The van der Waals surface area contributed by atoms with Crippen molar-refractivity contribution < 1.29 is 5.11 Å². The summed E-state index contributed by atoms with van der Waals surface area (Å²) in [5.41, 5.74) is 0.585. The van der Waals surface area contributed by atoms with E-state index in [2.05, 4.69) is 10.2 Å². The molecule has 0 atom stereocenters. The van der Waals surface area contributed by atoms with Crippen LogP contribution in [0, 0.1) is 5.41 Å². The summed E-state index contributed by atoms with van der Waals surface area (Å²) >= 11 is 11.5. The normalized spacial score (nSPS) is 11.8. The first-order chi connectivity index (χ1) is 6.44. The van der Waals surface area contributed by atoms with E-state index in [1.165, 1.54) is 0 Å². The molecule has 0 fully saturated rings. The predicted octanol–water partition coefficient (Wildman–Crippen LogP) is 2.34. The van der Waals surface area contributed by atoms with Gasteiger partial charge in [0.1, 0.15) is 0 Å². The Labute approximate surface area is 93.1 Å². The van der Waals surface area contributed by atoms with Crippen LogP contribution in [0.1, 0.15) is 19.4 Å². The summed E-state index contributed by atoms with van der Waals surface area (Å²) in [6.07, 6.45) is 0.623. The predicted molar refractivity (Wildman–Crippen MR) is 56.6 cm³/mol. The van der Waals surface area contributed by atoms with Crippen LogP contribution in [-0.4, -0.2) is 21.9 Å². The van der Waals surface area contributed by atoms with Crippen molar-refractivity contribution in [2.45, 2.75) is 20.3 Å². The van der Waals surface area contributed by atoms with E-state index in [1.54, 1.807) is 6.07 Å². The van der Waals surface area contributed by atoms with Crippen LogP contribution in [0.15, 0.2) is 6.07 Å². The van der Waals surface area contributed by atoms with Crippen molar-refractivity contribution >= 4 is 23.2 Å². The molecule has 1 rings (SSSR count). The van der Waals surface area contributed by atoms with Crippen molar-refractivity contribution in [1.29, 1.82) is 0 Å². The first-order valence-electron chi connectivity index (χ1n) is 4.23. The zero-order valence-electron chi connectivity index (χ0n) is 8.09. The third-order valence-corrected chi connectivity index (χ3v) is 2.39. The van der Waals surface area contributed by atoms with Crippen molar-refractivity contribution in [3.63, 3.8) is 0 Å². The van der Waals surface area contributed by atoms with E-state index in [0.717, 1.165) is 5.56 Å². The molecule has 0 bridgehead atoms. The summed E-state index contributed by atoms with van der Waals surface area (Å²) in [4.78, 5) is 0. The molecule has 0 saturated carbocycles. The summed E-state index contributed by atoms with van der Waals surface area (Å²) in [5.74, 6) is 0. The highest BCUT2D eigenvalue weighted by molar-refractivity contribution is 6.31. The Bertz CT molecular complexity index is 329. The molecule has 0 aliphatic rings. The molecule has 0 saturated heterocycles. The molecule has 1 heterocycles. The van der Waals surface area contributed by atoms with Gasteiger partial charge < -0.3 is 5.11 Å². The molecule has 5 heteroatoms. The molecular weight excluding hydrogens is 223 g/mol. The van der Waals surface area contributed by atoms with Crippen LogP contribution in [0.4, 0.5) is 0 Å². The number of hydrogen-bond donors (Lipinski definition) is 1. The fraction of sp³-hybridized carbons (Fsp3) is 0.556. The minimum Gasteiger partial charge on any atom is -0.396 e. The van der Waals surface area contributed by atoms with Crippen molar-refractivity contribution in [1.82, 2.24) is 10.2 Å². The number of halogens is 2. The van der Waals surface area contributed by atoms with Crippen molar-refractivity contribution in [3.05, 3.63) is 21.9 Å². The van der Waals surface area contributed by atoms with Crippen LogP contribution in [0.25, 0.3) is 0 Å². The molecule has 78 valence electrons. The molecule has 1 N–H and O–H groups in total. The van der Waals surface area contributed by atoms with Crippen molar-refractivity contribution in [2.24, 2.45) is 5.41 Å². The van der Waals surface area contributed by atoms with Crippen molar-refractivity contribution in [2.75, 3.05) is 6.61 Å². The third kappa shape index (κ3) is 3.08. The molecule has 0 amide bonds. The second-order valence-electron chi connectivity index (χ2n) is 3.98. The zero-order chi connectivity index (χ0) is 10.8. The van der Waals surface area contributed by atoms with E-state index >= 15 is 0 Å². The SMILES string of the molecule is CC(C)(CO)Cc1cc(Cl)nnc1Cl. The molecule has 1 aromatic heterocycles. The third-order valence-electron chi connectivity index (χ3n) is 1.89. The first-order valence-corrected chi connectivity index (χ1v) is 4.99. The van der Waals surface area contributed by atoms with Crippen molar-refractivity contribution in [3.8, 4) is 0 Å². The fourth-order valence-electron chi connectivity index (χ4n) is 1.08. The van der Waals surface area contributed by atoms with Gasteiger partial charge in [0.25, 0.3) is 0 Å². The molecule has 3 nitrogen and oxygen atoms in total. The van der Waals surface area contributed by atoms with Gasteiger partial charge in [-0.05, 0) is 23.5 Å². The number of hydrogen-bond acceptors (Lipinski definition) is 3.